The van der Waals surface area contributed by atoms with E-state index in [0.717, 1.165) is 12.8 Å². The molecule has 2 atom stereocenters. The van der Waals surface area contributed by atoms with Gasteiger partial charge in [0.15, 0.2) is 6.10 Å². The number of aromatic nitrogens is 2. The molecule has 1 saturated carbocycles. The number of carbonyl (C=O) groups is 2. The fraction of sp³-hybridized carbons (Fsp3) is 0.538. The van der Waals surface area contributed by atoms with E-state index in [0.29, 0.717) is 11.5 Å². The summed E-state index contributed by atoms with van der Waals surface area (Å²) in [7, 11) is 0. The van der Waals surface area contributed by atoms with Crippen molar-refractivity contribution in [1.29, 1.82) is 0 Å². The van der Waals surface area contributed by atoms with Gasteiger partial charge in [0.05, 0.1) is 5.69 Å². The van der Waals surface area contributed by atoms with Gasteiger partial charge >= 0.3 is 5.97 Å². The number of rotatable bonds is 3. The number of aliphatic carboxylic acids is 1. The molecule has 1 N–H and O–H groups in total. The number of carbonyl (C=O) groups excluding carboxylic acids is 1. The van der Waals surface area contributed by atoms with E-state index >= 15 is 0 Å². The van der Waals surface area contributed by atoms with Crippen LogP contribution >= 0.6 is 0 Å². The van der Waals surface area contributed by atoms with Crippen molar-refractivity contribution >= 4 is 11.9 Å². The van der Waals surface area contributed by atoms with Crippen molar-refractivity contribution in [1.82, 2.24) is 14.9 Å². The zero-order valence-corrected chi connectivity index (χ0v) is 11.0. The monoisotopic (exact) mass is 277 g/mol. The molecule has 2 unspecified atom stereocenters. The van der Waals surface area contributed by atoms with Crippen molar-refractivity contribution in [3.05, 3.63) is 23.8 Å². The SMILES string of the molecule is Cc1nccc(C2C(C(=O)O)OCC(=O)N2C2CC2)n1. The standard InChI is InChI=1S/C13H15N3O4/c1-7-14-5-4-9(15-7)11-12(13(18)19)20-6-10(17)16(11)8-2-3-8/h4-5,8,11-12H,2-3,6H2,1H3,(H,18,19). The Morgan fingerprint density at radius 2 is 2.25 bits per heavy atom. The third-order valence-electron chi connectivity index (χ3n) is 3.55. The summed E-state index contributed by atoms with van der Waals surface area (Å²) in [5.74, 6) is -0.712. The van der Waals surface area contributed by atoms with Crippen molar-refractivity contribution in [3.8, 4) is 0 Å². The van der Waals surface area contributed by atoms with E-state index in [4.69, 9.17) is 4.74 Å². The van der Waals surface area contributed by atoms with Crippen LogP contribution in [0.25, 0.3) is 0 Å². The van der Waals surface area contributed by atoms with Crippen LogP contribution in [-0.4, -0.2) is 50.6 Å². The van der Waals surface area contributed by atoms with Gasteiger partial charge in [-0.3, -0.25) is 4.79 Å². The van der Waals surface area contributed by atoms with Crippen molar-refractivity contribution in [2.45, 2.75) is 38.0 Å². The van der Waals surface area contributed by atoms with Gasteiger partial charge in [0.2, 0.25) is 5.91 Å². The topological polar surface area (TPSA) is 92.6 Å². The molecule has 1 saturated heterocycles. The fourth-order valence-corrected chi connectivity index (χ4v) is 2.55. The van der Waals surface area contributed by atoms with Crippen LogP contribution in [0.3, 0.4) is 0 Å². The third kappa shape index (κ3) is 2.24. The highest BCUT2D eigenvalue weighted by molar-refractivity contribution is 5.83. The molecule has 1 aliphatic heterocycles. The number of hydrogen-bond acceptors (Lipinski definition) is 5. The zero-order valence-electron chi connectivity index (χ0n) is 11.0. The minimum atomic E-state index is -1.08. The molecule has 0 spiro atoms. The van der Waals surface area contributed by atoms with Crippen molar-refractivity contribution in [2.75, 3.05) is 6.61 Å². The second-order valence-electron chi connectivity index (χ2n) is 5.08. The Bertz CT molecular complexity index is 558. The third-order valence-corrected chi connectivity index (χ3v) is 3.55. The van der Waals surface area contributed by atoms with Gasteiger partial charge in [0.25, 0.3) is 0 Å². The highest BCUT2D eigenvalue weighted by atomic mass is 16.5. The molecule has 0 aromatic carbocycles. The van der Waals surface area contributed by atoms with Crippen LogP contribution in [0.5, 0.6) is 0 Å². The van der Waals surface area contributed by atoms with E-state index in [1.54, 1.807) is 24.1 Å². The Labute approximate surface area is 115 Å². The molecule has 106 valence electrons. The molecule has 20 heavy (non-hydrogen) atoms. The number of nitrogens with zero attached hydrogens (tertiary/aromatic N) is 3. The summed E-state index contributed by atoms with van der Waals surface area (Å²) in [4.78, 5) is 33.4. The van der Waals surface area contributed by atoms with Crippen LogP contribution in [0.2, 0.25) is 0 Å². The molecule has 2 heterocycles. The van der Waals surface area contributed by atoms with Gasteiger partial charge < -0.3 is 14.7 Å². The largest absolute Gasteiger partial charge is 0.479 e. The fourth-order valence-electron chi connectivity index (χ4n) is 2.55. The predicted molar refractivity (Wildman–Crippen MR) is 66.8 cm³/mol. The number of morpholine rings is 1. The van der Waals surface area contributed by atoms with E-state index < -0.39 is 18.1 Å². The molecule has 1 aliphatic carbocycles. The highest BCUT2D eigenvalue weighted by Crippen LogP contribution is 2.38. The van der Waals surface area contributed by atoms with Gasteiger partial charge in [-0.2, -0.15) is 0 Å². The second kappa shape index (κ2) is 4.82. The Hall–Kier alpha value is -2.02. The summed E-state index contributed by atoms with van der Waals surface area (Å²) in [6.45, 7) is 1.54. The second-order valence-corrected chi connectivity index (χ2v) is 5.08. The molecule has 7 nitrogen and oxygen atoms in total. The Morgan fingerprint density at radius 3 is 2.85 bits per heavy atom. The van der Waals surface area contributed by atoms with Crippen LogP contribution in [-0.2, 0) is 14.3 Å². The smallest absolute Gasteiger partial charge is 0.335 e. The molecule has 3 rings (SSSR count). The van der Waals surface area contributed by atoms with Gasteiger partial charge in [0.1, 0.15) is 18.5 Å². The van der Waals surface area contributed by atoms with Gasteiger partial charge in [-0.25, -0.2) is 14.8 Å². The highest BCUT2D eigenvalue weighted by Gasteiger charge is 2.48. The van der Waals surface area contributed by atoms with Crippen molar-refractivity contribution in [3.63, 3.8) is 0 Å². The van der Waals surface area contributed by atoms with Crippen LogP contribution in [0, 0.1) is 6.92 Å². The van der Waals surface area contributed by atoms with Gasteiger partial charge in [0, 0.05) is 12.2 Å². The molecular formula is C13H15N3O4. The summed E-state index contributed by atoms with van der Waals surface area (Å²) < 4.78 is 5.22. The van der Waals surface area contributed by atoms with E-state index in [-0.39, 0.29) is 18.6 Å². The van der Waals surface area contributed by atoms with E-state index in [2.05, 4.69) is 9.97 Å². The van der Waals surface area contributed by atoms with Crippen molar-refractivity contribution in [2.24, 2.45) is 0 Å². The number of amides is 1. The first-order valence-electron chi connectivity index (χ1n) is 6.53. The molecule has 7 heteroatoms. The summed E-state index contributed by atoms with van der Waals surface area (Å²) in [6, 6.07) is 1.07. The Morgan fingerprint density at radius 1 is 1.50 bits per heavy atom. The number of carboxylic acid groups (broad SMARTS) is 1. The molecule has 0 radical (unpaired) electrons. The first-order valence-corrected chi connectivity index (χ1v) is 6.53. The lowest BCUT2D eigenvalue weighted by Crippen LogP contribution is -2.53. The molecular weight excluding hydrogens is 262 g/mol. The van der Waals surface area contributed by atoms with E-state index in [1.165, 1.54) is 0 Å². The van der Waals surface area contributed by atoms with Crippen LogP contribution in [0.15, 0.2) is 12.3 Å². The summed E-state index contributed by atoms with van der Waals surface area (Å²) >= 11 is 0. The molecule has 2 fully saturated rings. The Kier molecular flexibility index (Phi) is 3.13. The lowest BCUT2D eigenvalue weighted by Gasteiger charge is -2.39. The first-order chi connectivity index (χ1) is 9.58. The summed E-state index contributed by atoms with van der Waals surface area (Å²) in [5, 5.41) is 9.34. The average Bonchev–Trinajstić information content (AvgIpc) is 3.22. The van der Waals surface area contributed by atoms with Gasteiger partial charge in [-0.15, -0.1) is 0 Å². The number of ether oxygens (including phenoxy) is 1. The maximum atomic E-state index is 12.1. The molecule has 1 amide bonds. The minimum Gasteiger partial charge on any atom is -0.479 e. The zero-order chi connectivity index (χ0) is 14.3. The van der Waals surface area contributed by atoms with Crippen LogP contribution in [0.1, 0.15) is 30.4 Å². The molecule has 0 bridgehead atoms. The lowest BCUT2D eigenvalue weighted by molar-refractivity contribution is -0.174. The maximum Gasteiger partial charge on any atom is 0.335 e. The van der Waals surface area contributed by atoms with Crippen molar-refractivity contribution < 1.29 is 19.4 Å². The van der Waals surface area contributed by atoms with Crippen LogP contribution in [0.4, 0.5) is 0 Å². The maximum absolute atomic E-state index is 12.1. The first kappa shape index (κ1) is 13.0. The Balaban J connectivity index is 2.02. The number of carboxylic acids is 1. The van der Waals surface area contributed by atoms with E-state index in [9.17, 15) is 14.7 Å². The number of aryl methyl sites for hydroxylation is 1. The number of hydrogen-bond donors (Lipinski definition) is 1. The van der Waals surface area contributed by atoms with Crippen LogP contribution < -0.4 is 0 Å². The average molecular weight is 277 g/mol. The summed E-state index contributed by atoms with van der Waals surface area (Å²) in [5.41, 5.74) is 0.518. The lowest BCUT2D eigenvalue weighted by atomic mass is 10.0. The molecule has 2 aliphatic rings. The molecule has 1 aromatic rings. The minimum absolute atomic E-state index is 0.105. The quantitative estimate of drug-likeness (QED) is 0.854. The predicted octanol–water partition coefficient (Wildman–Crippen LogP) is 0.301. The molecule has 1 aromatic heterocycles. The van der Waals surface area contributed by atoms with E-state index in [1.807, 2.05) is 0 Å². The van der Waals surface area contributed by atoms with Gasteiger partial charge in [-0.1, -0.05) is 0 Å². The van der Waals surface area contributed by atoms with Gasteiger partial charge in [-0.05, 0) is 25.8 Å². The summed E-state index contributed by atoms with van der Waals surface area (Å²) in [6.07, 6.45) is 2.29. The normalized spacial score (nSPS) is 26.6.